The Kier molecular flexibility index (Phi) is 6.79. The highest BCUT2D eigenvalue weighted by Crippen LogP contribution is 2.29. The topological polar surface area (TPSA) is 47.6 Å². The molecule has 0 unspecified atom stereocenters. The summed E-state index contributed by atoms with van der Waals surface area (Å²) in [5, 5.41) is 2.91. The highest BCUT2D eigenvalue weighted by molar-refractivity contribution is 5.76. The molecule has 0 heterocycles. The van der Waals surface area contributed by atoms with E-state index in [1.807, 2.05) is 18.2 Å². The van der Waals surface area contributed by atoms with E-state index in [9.17, 15) is 4.79 Å². The largest absolute Gasteiger partial charge is 0.496 e. The summed E-state index contributed by atoms with van der Waals surface area (Å²) >= 11 is 0. The number of methoxy groups -OCH3 is 2. The van der Waals surface area contributed by atoms with E-state index in [1.165, 1.54) is 0 Å². The van der Waals surface area contributed by atoms with Crippen molar-refractivity contribution in [1.29, 1.82) is 0 Å². The van der Waals surface area contributed by atoms with Crippen molar-refractivity contribution in [3.63, 3.8) is 0 Å². The van der Waals surface area contributed by atoms with Gasteiger partial charge >= 0.3 is 0 Å². The summed E-state index contributed by atoms with van der Waals surface area (Å²) in [5.74, 6) is 1.60. The number of hydrogen-bond acceptors (Lipinski definition) is 3. The van der Waals surface area contributed by atoms with Crippen LogP contribution in [-0.2, 0) is 11.2 Å². The fourth-order valence-corrected chi connectivity index (χ4v) is 1.91. The smallest absolute Gasteiger partial charge is 0.220 e. The lowest BCUT2D eigenvalue weighted by Crippen LogP contribution is -2.24. The Morgan fingerprint density at radius 1 is 1.21 bits per heavy atom. The number of amides is 1. The van der Waals surface area contributed by atoms with Gasteiger partial charge in [0.15, 0.2) is 0 Å². The zero-order valence-corrected chi connectivity index (χ0v) is 12.0. The molecule has 0 bridgehead atoms. The SMILES string of the molecule is CCCCNC(=O)CCc1c(OC)cccc1OC. The average molecular weight is 265 g/mol. The molecule has 1 aromatic rings. The number of carbonyl (C=O) groups is 1. The molecule has 0 saturated heterocycles. The van der Waals surface area contributed by atoms with Crippen molar-refractivity contribution in [2.75, 3.05) is 20.8 Å². The lowest BCUT2D eigenvalue weighted by Gasteiger charge is -2.12. The summed E-state index contributed by atoms with van der Waals surface area (Å²) in [7, 11) is 3.25. The molecule has 0 aliphatic carbocycles. The van der Waals surface area contributed by atoms with E-state index in [0.29, 0.717) is 12.8 Å². The van der Waals surface area contributed by atoms with Crippen LogP contribution in [0.4, 0.5) is 0 Å². The normalized spacial score (nSPS) is 10.1. The number of ether oxygens (including phenoxy) is 2. The number of unbranched alkanes of at least 4 members (excludes halogenated alkanes) is 1. The summed E-state index contributed by atoms with van der Waals surface area (Å²) in [6.45, 7) is 2.85. The van der Waals surface area contributed by atoms with Gasteiger partial charge in [-0.05, 0) is 25.0 Å². The Bertz CT molecular complexity index is 382. The van der Waals surface area contributed by atoms with Gasteiger partial charge in [-0.1, -0.05) is 19.4 Å². The standard InChI is InChI=1S/C15H23NO3/c1-4-5-11-16-15(17)10-9-12-13(18-2)7-6-8-14(12)19-3/h6-8H,4-5,9-11H2,1-3H3,(H,16,17). The number of hydrogen-bond donors (Lipinski definition) is 1. The molecule has 0 aliphatic heterocycles. The van der Waals surface area contributed by atoms with Crippen LogP contribution in [0.25, 0.3) is 0 Å². The predicted octanol–water partition coefficient (Wildman–Crippen LogP) is 2.55. The van der Waals surface area contributed by atoms with Crippen LogP contribution in [0.2, 0.25) is 0 Å². The van der Waals surface area contributed by atoms with Crippen LogP contribution < -0.4 is 14.8 Å². The maximum Gasteiger partial charge on any atom is 0.220 e. The third-order valence-electron chi connectivity index (χ3n) is 2.98. The van der Waals surface area contributed by atoms with Crippen LogP contribution >= 0.6 is 0 Å². The van der Waals surface area contributed by atoms with Crippen molar-refractivity contribution in [2.45, 2.75) is 32.6 Å². The van der Waals surface area contributed by atoms with Gasteiger partial charge < -0.3 is 14.8 Å². The van der Waals surface area contributed by atoms with E-state index in [2.05, 4.69) is 12.2 Å². The highest BCUT2D eigenvalue weighted by atomic mass is 16.5. The third-order valence-corrected chi connectivity index (χ3v) is 2.98. The fourth-order valence-electron chi connectivity index (χ4n) is 1.91. The molecule has 1 aromatic carbocycles. The van der Waals surface area contributed by atoms with Crippen molar-refractivity contribution in [2.24, 2.45) is 0 Å². The van der Waals surface area contributed by atoms with Gasteiger partial charge in [0.2, 0.25) is 5.91 Å². The average Bonchev–Trinajstić information content (AvgIpc) is 2.44. The van der Waals surface area contributed by atoms with E-state index in [4.69, 9.17) is 9.47 Å². The minimum atomic E-state index is 0.0707. The number of rotatable bonds is 8. The summed E-state index contributed by atoms with van der Waals surface area (Å²) in [4.78, 5) is 11.7. The van der Waals surface area contributed by atoms with Crippen LogP contribution in [-0.4, -0.2) is 26.7 Å². The molecule has 0 radical (unpaired) electrons. The molecule has 1 rings (SSSR count). The Labute approximate surface area is 115 Å². The second-order valence-corrected chi connectivity index (χ2v) is 4.34. The van der Waals surface area contributed by atoms with Crippen molar-refractivity contribution in [3.8, 4) is 11.5 Å². The second kappa shape index (κ2) is 8.40. The number of benzene rings is 1. The van der Waals surface area contributed by atoms with Crippen molar-refractivity contribution >= 4 is 5.91 Å². The quantitative estimate of drug-likeness (QED) is 0.735. The third kappa shape index (κ3) is 4.81. The van der Waals surface area contributed by atoms with Crippen molar-refractivity contribution < 1.29 is 14.3 Å². The first-order valence-corrected chi connectivity index (χ1v) is 6.69. The zero-order valence-electron chi connectivity index (χ0n) is 12.0. The van der Waals surface area contributed by atoms with Gasteiger partial charge in [0.1, 0.15) is 11.5 Å². The second-order valence-electron chi connectivity index (χ2n) is 4.34. The Morgan fingerprint density at radius 3 is 2.37 bits per heavy atom. The number of nitrogens with one attached hydrogen (secondary N) is 1. The van der Waals surface area contributed by atoms with Crippen molar-refractivity contribution in [1.82, 2.24) is 5.32 Å². The van der Waals surface area contributed by atoms with Crippen LogP contribution in [0.3, 0.4) is 0 Å². The van der Waals surface area contributed by atoms with E-state index in [0.717, 1.165) is 36.4 Å². The van der Waals surface area contributed by atoms with Gasteiger partial charge in [0.25, 0.3) is 0 Å². The molecule has 0 spiro atoms. The zero-order chi connectivity index (χ0) is 14.1. The van der Waals surface area contributed by atoms with E-state index >= 15 is 0 Å². The van der Waals surface area contributed by atoms with Crippen LogP contribution in [0.1, 0.15) is 31.7 Å². The Morgan fingerprint density at radius 2 is 1.84 bits per heavy atom. The number of carbonyl (C=O) groups excluding carboxylic acids is 1. The Hall–Kier alpha value is -1.71. The van der Waals surface area contributed by atoms with E-state index in [1.54, 1.807) is 14.2 Å². The Balaban J connectivity index is 2.58. The first-order valence-electron chi connectivity index (χ1n) is 6.69. The molecular weight excluding hydrogens is 242 g/mol. The first-order chi connectivity index (χ1) is 9.22. The molecule has 4 heteroatoms. The summed E-state index contributed by atoms with van der Waals surface area (Å²) in [6, 6.07) is 5.64. The summed E-state index contributed by atoms with van der Waals surface area (Å²) in [5.41, 5.74) is 0.943. The molecule has 0 aromatic heterocycles. The highest BCUT2D eigenvalue weighted by Gasteiger charge is 2.11. The van der Waals surface area contributed by atoms with Crippen LogP contribution in [0.5, 0.6) is 11.5 Å². The molecule has 0 aliphatic rings. The maximum atomic E-state index is 11.7. The van der Waals surface area contributed by atoms with Gasteiger partial charge in [-0.15, -0.1) is 0 Å². The summed E-state index contributed by atoms with van der Waals surface area (Å²) in [6.07, 6.45) is 3.16. The predicted molar refractivity (Wildman–Crippen MR) is 75.8 cm³/mol. The minimum absolute atomic E-state index is 0.0707. The van der Waals surface area contributed by atoms with Crippen LogP contribution in [0, 0.1) is 0 Å². The van der Waals surface area contributed by atoms with Gasteiger partial charge in [-0.25, -0.2) is 0 Å². The molecule has 19 heavy (non-hydrogen) atoms. The van der Waals surface area contributed by atoms with E-state index in [-0.39, 0.29) is 5.91 Å². The molecule has 1 N–H and O–H groups in total. The van der Waals surface area contributed by atoms with Crippen molar-refractivity contribution in [3.05, 3.63) is 23.8 Å². The lowest BCUT2D eigenvalue weighted by molar-refractivity contribution is -0.121. The molecule has 0 fully saturated rings. The van der Waals surface area contributed by atoms with Gasteiger partial charge in [0, 0.05) is 18.5 Å². The molecule has 106 valence electrons. The molecular formula is C15H23NO3. The summed E-state index contributed by atoms with van der Waals surface area (Å²) < 4.78 is 10.6. The molecule has 1 amide bonds. The molecule has 4 nitrogen and oxygen atoms in total. The van der Waals surface area contributed by atoms with E-state index < -0.39 is 0 Å². The van der Waals surface area contributed by atoms with Gasteiger partial charge in [-0.2, -0.15) is 0 Å². The molecule has 0 saturated carbocycles. The maximum absolute atomic E-state index is 11.7. The van der Waals surface area contributed by atoms with Crippen LogP contribution in [0.15, 0.2) is 18.2 Å². The molecule has 0 atom stereocenters. The fraction of sp³-hybridized carbons (Fsp3) is 0.533. The van der Waals surface area contributed by atoms with Gasteiger partial charge in [0.05, 0.1) is 14.2 Å². The first kappa shape index (κ1) is 15.3. The lowest BCUT2D eigenvalue weighted by atomic mass is 10.1. The van der Waals surface area contributed by atoms with Gasteiger partial charge in [-0.3, -0.25) is 4.79 Å². The minimum Gasteiger partial charge on any atom is -0.496 e. The monoisotopic (exact) mass is 265 g/mol.